The summed E-state index contributed by atoms with van der Waals surface area (Å²) < 4.78 is 6.14. The van der Waals surface area contributed by atoms with Gasteiger partial charge in [0.05, 0.1) is 17.6 Å². The van der Waals surface area contributed by atoms with E-state index in [0.717, 1.165) is 4.88 Å². The predicted molar refractivity (Wildman–Crippen MR) is 84.9 cm³/mol. The lowest BCUT2D eigenvalue weighted by atomic mass is 10.1. The van der Waals surface area contributed by atoms with Crippen LogP contribution in [0.25, 0.3) is 0 Å². The van der Waals surface area contributed by atoms with E-state index in [1.165, 1.54) is 6.07 Å². The van der Waals surface area contributed by atoms with Crippen molar-refractivity contribution in [3.63, 3.8) is 0 Å². The lowest BCUT2D eigenvalue weighted by Gasteiger charge is -2.14. The number of hydrogen-bond acceptors (Lipinski definition) is 5. The van der Waals surface area contributed by atoms with Gasteiger partial charge in [0.25, 0.3) is 0 Å². The number of nitrogens with zero attached hydrogens (tertiary/aromatic N) is 1. The highest BCUT2D eigenvalue weighted by Crippen LogP contribution is 2.37. The number of rotatable bonds is 6. The van der Waals surface area contributed by atoms with Crippen LogP contribution in [0.2, 0.25) is 0 Å². The van der Waals surface area contributed by atoms with Crippen LogP contribution >= 0.6 is 27.3 Å². The Hall–Kier alpha value is -1.44. The summed E-state index contributed by atoms with van der Waals surface area (Å²) in [5.41, 5.74) is 0.258. The standard InChI is InChI=1S/C14H14BrNO4S/c1-9(17)12-7-10(15)8-13(16(18)19)14(12)20-5-4-11-3-2-6-21-11/h2-3,6-9,17H,4-5H2,1H3/t9-/m1/s1. The van der Waals surface area contributed by atoms with Crippen LogP contribution in [-0.2, 0) is 6.42 Å². The molecule has 0 bridgehead atoms. The Morgan fingerprint density at radius 2 is 2.29 bits per heavy atom. The van der Waals surface area contributed by atoms with Crippen LogP contribution in [0.4, 0.5) is 5.69 Å². The van der Waals surface area contributed by atoms with Gasteiger partial charge in [0.15, 0.2) is 0 Å². The maximum absolute atomic E-state index is 11.2. The number of nitro groups is 1. The first-order valence-corrected chi connectivity index (χ1v) is 7.97. The maximum atomic E-state index is 11.2. The van der Waals surface area contributed by atoms with Crippen molar-refractivity contribution < 1.29 is 14.8 Å². The van der Waals surface area contributed by atoms with E-state index in [1.807, 2.05) is 17.5 Å². The van der Waals surface area contributed by atoms with Gasteiger partial charge in [-0.25, -0.2) is 0 Å². The minimum absolute atomic E-state index is 0.134. The Balaban J connectivity index is 2.24. The Morgan fingerprint density at radius 1 is 1.52 bits per heavy atom. The number of halogens is 1. The van der Waals surface area contributed by atoms with Gasteiger partial charge in [-0.05, 0) is 24.4 Å². The molecule has 1 heterocycles. The van der Waals surface area contributed by atoms with Crippen molar-refractivity contribution in [3.8, 4) is 5.75 Å². The zero-order valence-corrected chi connectivity index (χ0v) is 13.7. The first kappa shape index (κ1) is 15.9. The number of nitro benzene ring substituents is 1. The molecule has 0 aliphatic carbocycles. The van der Waals surface area contributed by atoms with E-state index in [2.05, 4.69) is 15.9 Å². The fraction of sp³-hybridized carbons (Fsp3) is 0.286. The fourth-order valence-corrected chi connectivity index (χ4v) is 3.07. The van der Waals surface area contributed by atoms with Crippen molar-refractivity contribution >= 4 is 33.0 Å². The molecular formula is C14H14BrNO4S. The molecule has 0 amide bonds. The molecule has 2 aromatic rings. The summed E-state index contributed by atoms with van der Waals surface area (Å²) in [5.74, 6) is 0.134. The molecule has 0 saturated heterocycles. The minimum Gasteiger partial charge on any atom is -0.486 e. The van der Waals surface area contributed by atoms with Crippen LogP contribution < -0.4 is 4.74 Å². The Labute approximate surface area is 134 Å². The summed E-state index contributed by atoms with van der Waals surface area (Å²) in [6, 6.07) is 6.95. The van der Waals surface area contributed by atoms with Crippen LogP contribution in [0.3, 0.4) is 0 Å². The first-order chi connectivity index (χ1) is 9.99. The highest BCUT2D eigenvalue weighted by Gasteiger charge is 2.23. The van der Waals surface area contributed by atoms with Crippen LogP contribution in [0, 0.1) is 10.1 Å². The molecule has 0 radical (unpaired) electrons. The Morgan fingerprint density at radius 3 is 2.86 bits per heavy atom. The third kappa shape index (κ3) is 4.03. The molecule has 0 spiro atoms. The van der Waals surface area contributed by atoms with Crippen molar-refractivity contribution in [1.29, 1.82) is 0 Å². The number of ether oxygens (including phenoxy) is 1. The molecule has 1 N–H and O–H groups in total. The van der Waals surface area contributed by atoms with Gasteiger partial charge in [-0.1, -0.05) is 22.0 Å². The lowest BCUT2D eigenvalue weighted by Crippen LogP contribution is -2.07. The molecule has 0 fully saturated rings. The van der Waals surface area contributed by atoms with E-state index in [0.29, 0.717) is 23.1 Å². The Bertz CT molecular complexity index is 628. The molecule has 2 rings (SSSR count). The molecule has 7 heteroatoms. The third-order valence-electron chi connectivity index (χ3n) is 2.88. The van der Waals surface area contributed by atoms with Crippen LogP contribution in [0.5, 0.6) is 5.75 Å². The van der Waals surface area contributed by atoms with Gasteiger partial charge in [-0.3, -0.25) is 10.1 Å². The molecule has 0 aliphatic heterocycles. The topological polar surface area (TPSA) is 72.6 Å². The van der Waals surface area contributed by atoms with Gasteiger partial charge in [0.2, 0.25) is 5.75 Å². The summed E-state index contributed by atoms with van der Waals surface area (Å²) >= 11 is 4.82. The second kappa shape index (κ2) is 7.02. The number of hydrogen-bond donors (Lipinski definition) is 1. The summed E-state index contributed by atoms with van der Waals surface area (Å²) in [7, 11) is 0. The molecule has 1 aromatic carbocycles. The van der Waals surface area contributed by atoms with Gasteiger partial charge >= 0.3 is 5.69 Å². The molecule has 0 saturated carbocycles. The molecule has 112 valence electrons. The summed E-state index contributed by atoms with van der Waals surface area (Å²) in [4.78, 5) is 11.8. The monoisotopic (exact) mass is 371 g/mol. The van der Waals surface area contributed by atoms with E-state index >= 15 is 0 Å². The van der Waals surface area contributed by atoms with Crippen molar-refractivity contribution in [3.05, 3.63) is 54.7 Å². The summed E-state index contributed by atoms with van der Waals surface area (Å²) in [5, 5.41) is 22.9. The van der Waals surface area contributed by atoms with E-state index in [-0.39, 0.29) is 11.4 Å². The fourth-order valence-electron chi connectivity index (χ4n) is 1.91. The normalized spacial score (nSPS) is 12.1. The van der Waals surface area contributed by atoms with E-state index in [9.17, 15) is 15.2 Å². The van der Waals surface area contributed by atoms with Gasteiger partial charge in [0.1, 0.15) is 0 Å². The van der Waals surface area contributed by atoms with Crippen molar-refractivity contribution in [2.75, 3.05) is 6.61 Å². The summed E-state index contributed by atoms with van der Waals surface area (Å²) in [6.45, 7) is 1.88. The molecule has 0 aliphatic rings. The molecule has 1 atom stereocenters. The lowest BCUT2D eigenvalue weighted by molar-refractivity contribution is -0.386. The van der Waals surface area contributed by atoms with E-state index in [4.69, 9.17) is 4.74 Å². The van der Waals surface area contributed by atoms with Crippen LogP contribution in [-0.4, -0.2) is 16.6 Å². The van der Waals surface area contributed by atoms with Gasteiger partial charge in [0, 0.05) is 27.4 Å². The second-order valence-electron chi connectivity index (χ2n) is 4.45. The molecule has 21 heavy (non-hydrogen) atoms. The summed E-state index contributed by atoms with van der Waals surface area (Å²) in [6.07, 6.45) is -0.178. The highest BCUT2D eigenvalue weighted by molar-refractivity contribution is 9.10. The predicted octanol–water partition coefficient (Wildman–Crippen LogP) is 4.09. The third-order valence-corrected chi connectivity index (χ3v) is 4.28. The number of thiophene rings is 1. The van der Waals surface area contributed by atoms with Gasteiger partial charge in [-0.2, -0.15) is 0 Å². The second-order valence-corrected chi connectivity index (χ2v) is 6.40. The van der Waals surface area contributed by atoms with Crippen LogP contribution in [0.1, 0.15) is 23.5 Å². The van der Waals surface area contributed by atoms with Gasteiger partial charge in [-0.15, -0.1) is 11.3 Å². The Kier molecular flexibility index (Phi) is 5.33. The van der Waals surface area contributed by atoms with Crippen molar-refractivity contribution in [2.45, 2.75) is 19.4 Å². The molecule has 5 nitrogen and oxygen atoms in total. The van der Waals surface area contributed by atoms with Gasteiger partial charge < -0.3 is 9.84 Å². The first-order valence-electron chi connectivity index (χ1n) is 6.30. The largest absolute Gasteiger partial charge is 0.486 e. The SMILES string of the molecule is C[C@@H](O)c1cc(Br)cc([N+](=O)[O-])c1OCCc1cccs1. The molecule has 1 aromatic heterocycles. The number of benzene rings is 1. The smallest absolute Gasteiger partial charge is 0.312 e. The molecular weight excluding hydrogens is 358 g/mol. The van der Waals surface area contributed by atoms with Crippen molar-refractivity contribution in [1.82, 2.24) is 0 Å². The van der Waals surface area contributed by atoms with E-state index < -0.39 is 11.0 Å². The average Bonchev–Trinajstić information content (AvgIpc) is 2.92. The van der Waals surface area contributed by atoms with E-state index in [1.54, 1.807) is 24.3 Å². The highest BCUT2D eigenvalue weighted by atomic mass is 79.9. The average molecular weight is 372 g/mol. The zero-order valence-electron chi connectivity index (χ0n) is 11.3. The van der Waals surface area contributed by atoms with Crippen LogP contribution in [0.15, 0.2) is 34.1 Å². The zero-order chi connectivity index (χ0) is 15.4. The van der Waals surface area contributed by atoms with Crippen molar-refractivity contribution in [2.24, 2.45) is 0 Å². The minimum atomic E-state index is -0.849. The maximum Gasteiger partial charge on any atom is 0.312 e. The quantitative estimate of drug-likeness (QED) is 0.612. The number of aliphatic hydroxyl groups is 1. The number of aliphatic hydroxyl groups excluding tert-OH is 1. The molecule has 0 unspecified atom stereocenters.